The highest BCUT2D eigenvalue weighted by molar-refractivity contribution is 7.50. The van der Waals surface area contributed by atoms with Gasteiger partial charge in [-0.15, -0.1) is 0 Å². The number of hydroxylamine groups is 2. The Hall–Kier alpha value is 0.650. The first kappa shape index (κ1) is 10.7. The molecule has 0 aromatic carbocycles. The Balaban J connectivity index is 3.94. The van der Waals surface area contributed by atoms with Gasteiger partial charge in [-0.25, -0.2) is 4.57 Å². The van der Waals surface area contributed by atoms with Gasteiger partial charge in [0, 0.05) is 14.1 Å². The molecular formula is C2H6Cl2NO4P. The molecule has 8 heteroatoms. The highest BCUT2D eigenvalue weighted by Crippen LogP contribution is 2.52. The van der Waals surface area contributed by atoms with Crippen molar-refractivity contribution in [2.45, 2.75) is 0 Å². The molecule has 0 aliphatic carbocycles. The van der Waals surface area contributed by atoms with Crippen molar-refractivity contribution in [1.82, 2.24) is 5.06 Å². The minimum absolute atomic E-state index is 1.09. The van der Waals surface area contributed by atoms with Gasteiger partial charge < -0.3 is 0 Å². The van der Waals surface area contributed by atoms with Crippen molar-refractivity contribution in [3.8, 4) is 0 Å². The second kappa shape index (κ2) is 4.51. The van der Waals surface area contributed by atoms with Gasteiger partial charge in [-0.1, -0.05) is 0 Å². The van der Waals surface area contributed by atoms with Crippen LogP contribution in [0.3, 0.4) is 0 Å². The molecule has 0 heterocycles. The lowest BCUT2D eigenvalue weighted by Gasteiger charge is -2.13. The number of hydrogen-bond donors (Lipinski definition) is 0. The van der Waals surface area contributed by atoms with Crippen LogP contribution in [0.15, 0.2) is 0 Å². The molecule has 0 aliphatic rings. The van der Waals surface area contributed by atoms with E-state index in [1.807, 2.05) is 0 Å². The average Bonchev–Trinajstić information content (AvgIpc) is 1.87. The molecule has 5 nitrogen and oxygen atoms in total. The Labute approximate surface area is 68.7 Å². The molecule has 0 aromatic heterocycles. The molecule has 0 spiro atoms. The van der Waals surface area contributed by atoms with Crippen molar-refractivity contribution in [2.75, 3.05) is 14.1 Å². The summed E-state index contributed by atoms with van der Waals surface area (Å²) in [7, 11) is -0.839. The van der Waals surface area contributed by atoms with Crippen LogP contribution < -0.4 is 0 Å². The van der Waals surface area contributed by atoms with Gasteiger partial charge >= 0.3 is 7.82 Å². The minimum Gasteiger partial charge on any atom is -0.223 e. The van der Waals surface area contributed by atoms with Gasteiger partial charge in [-0.05, 0) is 0 Å². The zero-order valence-electron chi connectivity index (χ0n) is 5.28. The summed E-state index contributed by atoms with van der Waals surface area (Å²) in [5, 5.41) is 1.09. The van der Waals surface area contributed by atoms with Gasteiger partial charge in [0.2, 0.25) is 0 Å². The van der Waals surface area contributed by atoms with Crippen LogP contribution in [0.5, 0.6) is 0 Å². The summed E-state index contributed by atoms with van der Waals surface area (Å²) in [5.74, 6) is 0. The van der Waals surface area contributed by atoms with Gasteiger partial charge in [-0.2, -0.15) is 17.8 Å². The summed E-state index contributed by atoms with van der Waals surface area (Å²) in [4.78, 5) is 0. The Bertz CT molecular complexity index is 133. The van der Waals surface area contributed by atoms with Crippen molar-refractivity contribution in [1.29, 1.82) is 0 Å². The number of halogens is 2. The number of rotatable bonds is 4. The first-order valence-corrected chi connectivity index (χ1v) is 4.19. The molecule has 0 aliphatic heterocycles. The average molecular weight is 210 g/mol. The van der Waals surface area contributed by atoms with Gasteiger partial charge in [0.15, 0.2) is 0 Å². The lowest BCUT2D eigenvalue weighted by Crippen LogP contribution is -2.10. The molecule has 0 unspecified atom stereocenters. The molecule has 62 valence electrons. The summed E-state index contributed by atoms with van der Waals surface area (Å²) >= 11 is 9.46. The minimum atomic E-state index is -3.78. The van der Waals surface area contributed by atoms with Crippen LogP contribution in [-0.4, -0.2) is 19.2 Å². The molecule has 0 radical (unpaired) electrons. The van der Waals surface area contributed by atoms with E-state index in [2.05, 4.69) is 12.8 Å². The first-order chi connectivity index (χ1) is 4.54. The maximum Gasteiger partial charge on any atom is 0.524 e. The molecule has 0 fully saturated rings. The lowest BCUT2D eigenvalue weighted by atomic mass is 11.2. The quantitative estimate of drug-likeness (QED) is 0.523. The third kappa shape index (κ3) is 3.73. The van der Waals surface area contributed by atoms with Crippen molar-refractivity contribution in [3.63, 3.8) is 0 Å². The third-order valence-electron chi connectivity index (χ3n) is 0.432. The molecule has 0 bridgehead atoms. The second-order valence-electron chi connectivity index (χ2n) is 1.48. The summed E-state index contributed by atoms with van der Waals surface area (Å²) in [6, 6.07) is 0. The SMILES string of the molecule is CN(C)OP(=O)(OCl)OCl. The molecule has 0 aromatic rings. The normalized spacial score (nSPS) is 12.5. The third-order valence-corrected chi connectivity index (χ3v) is 2.31. The zero-order chi connectivity index (χ0) is 8.20. The second-order valence-corrected chi connectivity index (χ2v) is 3.64. The van der Waals surface area contributed by atoms with E-state index in [9.17, 15) is 4.57 Å². The molecule has 10 heavy (non-hydrogen) atoms. The Morgan fingerprint density at radius 3 is 1.80 bits per heavy atom. The smallest absolute Gasteiger partial charge is 0.223 e. The lowest BCUT2D eigenvalue weighted by molar-refractivity contribution is -0.0269. The summed E-state index contributed by atoms with van der Waals surface area (Å²) in [6.07, 6.45) is 0. The van der Waals surface area contributed by atoms with E-state index in [-0.39, 0.29) is 0 Å². The van der Waals surface area contributed by atoms with Crippen LogP contribution in [0, 0.1) is 0 Å². The summed E-state index contributed by atoms with van der Waals surface area (Å²) in [5.41, 5.74) is 0. The van der Waals surface area contributed by atoms with Gasteiger partial charge in [0.25, 0.3) is 0 Å². The van der Waals surface area contributed by atoms with Crippen LogP contribution in [0.1, 0.15) is 0 Å². The monoisotopic (exact) mass is 209 g/mol. The summed E-state index contributed by atoms with van der Waals surface area (Å²) in [6.45, 7) is 0. The molecule has 0 atom stereocenters. The highest BCUT2D eigenvalue weighted by atomic mass is 35.5. The standard InChI is InChI=1S/C2H6Cl2NO4P/c1-5(2)9-10(6,7-3)8-4/h1-2H3. The van der Waals surface area contributed by atoms with E-state index >= 15 is 0 Å². The van der Waals surface area contributed by atoms with Crippen LogP contribution in [0.25, 0.3) is 0 Å². The molecule has 0 saturated carbocycles. The van der Waals surface area contributed by atoms with Gasteiger partial charge in [-0.3, -0.25) is 0 Å². The van der Waals surface area contributed by atoms with E-state index < -0.39 is 7.82 Å². The van der Waals surface area contributed by atoms with Crippen LogP contribution in [0.2, 0.25) is 0 Å². The molecular weight excluding hydrogens is 204 g/mol. The predicted octanol–water partition coefficient (Wildman–Crippen LogP) is 1.93. The fourth-order valence-electron chi connectivity index (χ4n) is 0.236. The van der Waals surface area contributed by atoms with Crippen LogP contribution >= 0.6 is 31.6 Å². The number of nitrogens with zero attached hydrogens (tertiary/aromatic N) is 1. The van der Waals surface area contributed by atoms with Gasteiger partial charge in [0.1, 0.15) is 0 Å². The Kier molecular flexibility index (Phi) is 4.81. The van der Waals surface area contributed by atoms with E-state index in [0.717, 1.165) is 5.06 Å². The topological polar surface area (TPSA) is 48.0 Å². The fraction of sp³-hybridized carbons (Fsp3) is 1.00. The van der Waals surface area contributed by atoms with Crippen LogP contribution in [-0.2, 0) is 17.3 Å². The van der Waals surface area contributed by atoms with E-state index in [1.54, 1.807) is 0 Å². The zero-order valence-corrected chi connectivity index (χ0v) is 7.69. The molecule has 0 rings (SSSR count). The number of phosphoric acid groups is 1. The van der Waals surface area contributed by atoms with Crippen molar-refractivity contribution in [2.24, 2.45) is 0 Å². The predicted molar refractivity (Wildman–Crippen MR) is 36.3 cm³/mol. The molecule has 0 amide bonds. The van der Waals surface area contributed by atoms with Gasteiger partial charge in [0.05, 0.1) is 23.7 Å². The van der Waals surface area contributed by atoms with E-state index in [4.69, 9.17) is 23.7 Å². The maximum absolute atomic E-state index is 10.8. The largest absolute Gasteiger partial charge is 0.524 e. The first-order valence-electron chi connectivity index (χ1n) is 2.12. The summed E-state index contributed by atoms with van der Waals surface area (Å²) < 4.78 is 22.8. The van der Waals surface area contributed by atoms with Crippen molar-refractivity contribution < 1.29 is 17.3 Å². The Morgan fingerprint density at radius 1 is 1.30 bits per heavy atom. The van der Waals surface area contributed by atoms with E-state index in [1.165, 1.54) is 14.1 Å². The Morgan fingerprint density at radius 2 is 1.70 bits per heavy atom. The maximum atomic E-state index is 10.8. The number of hydrogen-bond acceptors (Lipinski definition) is 5. The highest BCUT2D eigenvalue weighted by Gasteiger charge is 2.28. The molecule has 0 N–H and O–H groups in total. The molecule has 0 saturated heterocycles. The van der Waals surface area contributed by atoms with E-state index in [0.29, 0.717) is 0 Å². The van der Waals surface area contributed by atoms with Crippen LogP contribution in [0.4, 0.5) is 0 Å². The van der Waals surface area contributed by atoms with Crippen molar-refractivity contribution in [3.05, 3.63) is 0 Å². The fourth-order valence-corrected chi connectivity index (χ4v) is 1.11. The van der Waals surface area contributed by atoms with Crippen molar-refractivity contribution >= 4 is 31.6 Å².